The molecule has 0 amide bonds. The molecule has 0 aromatic rings. The van der Waals surface area contributed by atoms with Crippen LogP contribution in [0.5, 0.6) is 0 Å². The molecule has 6 unspecified atom stereocenters. The van der Waals surface area contributed by atoms with Crippen molar-refractivity contribution in [2.24, 2.45) is 0 Å². The second-order valence-corrected chi connectivity index (χ2v) is 19.5. The van der Waals surface area contributed by atoms with Crippen LogP contribution in [0.25, 0.3) is 0 Å². The summed E-state index contributed by atoms with van der Waals surface area (Å²) >= 11 is 11.1. The molecule has 0 aromatic carbocycles. The van der Waals surface area contributed by atoms with Crippen molar-refractivity contribution in [3.8, 4) is 0 Å². The second kappa shape index (κ2) is 9.14. The molecule has 3 saturated heterocycles. The Kier molecular flexibility index (Phi) is 8.28. The average Bonchev–Trinajstić information content (AvgIpc) is 3.26. The van der Waals surface area contributed by atoms with Gasteiger partial charge in [-0.05, 0) is 0 Å². The molecule has 3 heterocycles. The van der Waals surface area contributed by atoms with Crippen molar-refractivity contribution in [3.05, 3.63) is 0 Å². The van der Waals surface area contributed by atoms with E-state index in [9.17, 15) is 0 Å². The summed E-state index contributed by atoms with van der Waals surface area (Å²) in [6.07, 6.45) is 6.18. The fourth-order valence-electron chi connectivity index (χ4n) is 2.74. The van der Waals surface area contributed by atoms with Gasteiger partial charge in [-0.3, -0.25) is 0 Å². The molecule has 3 aliphatic heterocycles. The van der Waals surface area contributed by atoms with Crippen molar-refractivity contribution in [2.75, 3.05) is 11.5 Å². The molecule has 116 valence electrons. The third-order valence-corrected chi connectivity index (χ3v) is 19.7. The van der Waals surface area contributed by atoms with E-state index in [0.29, 0.717) is 41.8 Å². The second-order valence-electron chi connectivity index (χ2n) is 6.08. The number of rotatable bonds is 8. The zero-order chi connectivity index (χ0) is 13.9. The van der Waals surface area contributed by atoms with Crippen LogP contribution in [0.3, 0.4) is 0 Å². The maximum atomic E-state index is 3.02. The number of hydrogen-bond acceptors (Lipinski definition) is 2. The minimum absolute atomic E-state index is 0.309. The third kappa shape index (κ3) is 7.06. The molecule has 0 saturated carbocycles. The predicted octanol–water partition coefficient (Wildman–Crippen LogP) is 2.99. The van der Waals surface area contributed by atoms with Gasteiger partial charge in [0.1, 0.15) is 0 Å². The summed E-state index contributed by atoms with van der Waals surface area (Å²) in [5.74, 6) is 2.92. The Hall–Kier alpha value is 3.32. The van der Waals surface area contributed by atoms with E-state index < -0.39 is 0 Å². The summed E-state index contributed by atoms with van der Waals surface area (Å²) in [7, 11) is 0. The summed E-state index contributed by atoms with van der Waals surface area (Å²) in [5.41, 5.74) is 0. The third-order valence-electron chi connectivity index (χ3n) is 3.94. The van der Waals surface area contributed by atoms with Crippen LogP contribution in [0, 0.1) is 0 Å². The quantitative estimate of drug-likeness (QED) is 0.288. The minimum atomic E-state index is 0.309. The molecule has 0 radical (unpaired) electrons. The summed E-state index contributed by atoms with van der Waals surface area (Å²) in [6, 6.07) is 0. The van der Waals surface area contributed by atoms with Gasteiger partial charge in [-0.2, -0.15) is 0 Å². The van der Waals surface area contributed by atoms with Crippen LogP contribution in [0.1, 0.15) is 25.7 Å². The molecule has 6 atom stereocenters. The summed E-state index contributed by atoms with van der Waals surface area (Å²) < 4.78 is 5.87. The number of thioether (sulfide) groups is 2. The Bertz CT molecular complexity index is 286. The van der Waals surface area contributed by atoms with Crippen LogP contribution in [-0.4, -0.2) is 95.9 Å². The summed E-state index contributed by atoms with van der Waals surface area (Å²) in [5, 5.41) is 2.10. The molecule has 0 bridgehead atoms. The molecule has 0 aliphatic carbocycles. The van der Waals surface area contributed by atoms with Crippen LogP contribution >= 0.6 is 23.5 Å². The van der Waals surface area contributed by atoms with E-state index in [2.05, 4.69) is 55.5 Å². The van der Waals surface area contributed by atoms with Crippen molar-refractivity contribution < 1.29 is 0 Å². The Morgan fingerprint density at radius 2 is 1.30 bits per heavy atom. The van der Waals surface area contributed by atoms with Crippen LogP contribution in [0.2, 0.25) is 26.5 Å². The zero-order valence-corrected chi connectivity index (χ0v) is 21.7. The molecular weight excluding hydrogens is 645 g/mol. The van der Waals surface area contributed by atoms with Gasteiger partial charge in [0.25, 0.3) is 0 Å². The molecule has 3 rings (SSSR count). The Labute approximate surface area is 169 Å². The Balaban J connectivity index is 1.36. The fraction of sp³-hybridized carbons (Fsp3) is 1.00. The van der Waals surface area contributed by atoms with Crippen molar-refractivity contribution in [2.45, 2.75) is 62.7 Å². The van der Waals surface area contributed by atoms with Crippen LogP contribution in [0.4, 0.5) is 0 Å². The van der Waals surface area contributed by atoms with Gasteiger partial charge >= 0.3 is 172 Å². The Morgan fingerprint density at radius 3 is 1.70 bits per heavy atom. The molecule has 0 N–H and O–H groups in total. The molecule has 3 aliphatic rings. The molecule has 0 nitrogen and oxygen atoms in total. The summed E-state index contributed by atoms with van der Waals surface area (Å²) in [4.78, 5) is 1.94. The van der Waals surface area contributed by atoms with E-state index in [0.717, 1.165) is 20.1 Å². The molecular formula is C14H24S2Se2Te2. The van der Waals surface area contributed by atoms with E-state index >= 15 is 0 Å². The summed E-state index contributed by atoms with van der Waals surface area (Å²) in [6.45, 7) is 0. The first kappa shape index (κ1) is 18.1. The molecule has 6 heteroatoms. The fourth-order valence-corrected chi connectivity index (χ4v) is 22.0. The molecule has 20 heavy (non-hydrogen) atoms. The zero-order valence-electron chi connectivity index (χ0n) is 11.6. The van der Waals surface area contributed by atoms with Gasteiger partial charge in [-0.1, -0.05) is 0 Å². The molecule has 0 aromatic heterocycles. The number of hydrogen-bond donors (Lipinski definition) is 0. The van der Waals surface area contributed by atoms with Gasteiger partial charge in [-0.15, -0.1) is 0 Å². The van der Waals surface area contributed by atoms with Crippen LogP contribution in [-0.2, 0) is 0 Å². The van der Waals surface area contributed by atoms with Gasteiger partial charge < -0.3 is 0 Å². The van der Waals surface area contributed by atoms with E-state index in [4.69, 9.17) is 0 Å². The first-order valence-electron chi connectivity index (χ1n) is 7.51. The van der Waals surface area contributed by atoms with Gasteiger partial charge in [-0.25, -0.2) is 0 Å². The average molecular weight is 670 g/mol. The van der Waals surface area contributed by atoms with E-state index in [-0.39, 0.29) is 0 Å². The first-order valence-corrected chi connectivity index (χ1v) is 17.8. The van der Waals surface area contributed by atoms with Crippen LogP contribution < -0.4 is 0 Å². The van der Waals surface area contributed by atoms with Gasteiger partial charge in [0.05, 0.1) is 0 Å². The standard InChI is InChI=1S/C14H24S2Se2Te2/c17-11(1-9-5-15-9)3-13-7-19-8-14(20-13)4-12(18)2-10-6-16-10/h9-14,17-18H,1-8H2. The van der Waals surface area contributed by atoms with Crippen molar-refractivity contribution >= 4 is 97.4 Å². The first-order chi connectivity index (χ1) is 9.69. The van der Waals surface area contributed by atoms with Gasteiger partial charge in [0.2, 0.25) is 0 Å². The maximum absolute atomic E-state index is 3.02. The van der Waals surface area contributed by atoms with Gasteiger partial charge in [0, 0.05) is 0 Å². The Morgan fingerprint density at radius 1 is 0.850 bits per heavy atom. The van der Waals surface area contributed by atoms with E-state index in [1.54, 1.807) is 21.8 Å². The normalized spacial score (nSPS) is 39.3. The molecule has 3 fully saturated rings. The van der Waals surface area contributed by atoms with Crippen LogP contribution in [0.15, 0.2) is 0 Å². The SMILES string of the molecule is [SeH]C(CC1CS1)CC1C[Te]CC(CC([SeH])CC2CS2)[Te]1. The predicted molar refractivity (Wildman–Crippen MR) is 101 cm³/mol. The van der Waals surface area contributed by atoms with Gasteiger partial charge in [0.15, 0.2) is 0 Å². The van der Waals surface area contributed by atoms with Crippen molar-refractivity contribution in [3.63, 3.8) is 0 Å². The van der Waals surface area contributed by atoms with Crippen molar-refractivity contribution in [1.29, 1.82) is 0 Å². The van der Waals surface area contributed by atoms with Crippen molar-refractivity contribution in [1.82, 2.24) is 0 Å². The van der Waals surface area contributed by atoms with E-state index in [1.165, 1.54) is 32.3 Å². The van der Waals surface area contributed by atoms with E-state index in [1.807, 2.05) is 0 Å². The topological polar surface area (TPSA) is 0 Å². The molecule has 0 spiro atoms. The monoisotopic (exact) mass is 676 g/mol.